The van der Waals surface area contributed by atoms with Crippen molar-refractivity contribution in [1.29, 1.82) is 0 Å². The third kappa shape index (κ3) is 1.45. The molecule has 0 amide bonds. The van der Waals surface area contributed by atoms with E-state index in [0.717, 1.165) is 0 Å². The van der Waals surface area contributed by atoms with Crippen molar-refractivity contribution in [2.45, 2.75) is 4.90 Å². The van der Waals surface area contributed by atoms with Crippen molar-refractivity contribution in [2.75, 3.05) is 0 Å². The molecule has 0 aliphatic carbocycles. The van der Waals surface area contributed by atoms with Crippen LogP contribution in [0.5, 0.6) is 0 Å². The SMILES string of the molecule is O=S(=O)(O)c1c(F)sc(F)c1F. The van der Waals surface area contributed by atoms with Gasteiger partial charge >= 0.3 is 10.1 Å². The van der Waals surface area contributed by atoms with Crippen molar-refractivity contribution in [1.82, 2.24) is 0 Å². The zero-order valence-corrected chi connectivity index (χ0v) is 6.85. The van der Waals surface area contributed by atoms with Gasteiger partial charge in [-0.2, -0.15) is 17.2 Å². The molecule has 0 bridgehead atoms. The standard InChI is InChI=1S/C4HF3O3S2/c5-1-2(12(8,9)10)4(7)11-3(1)6/h(H,8,9,10). The second kappa shape index (κ2) is 2.71. The van der Waals surface area contributed by atoms with Crippen LogP contribution in [0.25, 0.3) is 0 Å². The summed E-state index contributed by atoms with van der Waals surface area (Å²) in [6.45, 7) is 0. The van der Waals surface area contributed by atoms with Gasteiger partial charge in [-0.1, -0.05) is 11.3 Å². The predicted octanol–water partition coefficient (Wildman–Crippen LogP) is 1.41. The van der Waals surface area contributed by atoms with Crippen LogP contribution >= 0.6 is 11.3 Å². The Morgan fingerprint density at radius 1 is 1.17 bits per heavy atom. The number of hydrogen-bond donors (Lipinski definition) is 1. The van der Waals surface area contributed by atoms with E-state index in [9.17, 15) is 21.6 Å². The minimum Gasteiger partial charge on any atom is -0.282 e. The monoisotopic (exact) mass is 218 g/mol. The third-order valence-electron chi connectivity index (χ3n) is 0.988. The second-order valence-electron chi connectivity index (χ2n) is 1.77. The lowest BCUT2D eigenvalue weighted by molar-refractivity contribution is 0.452. The molecule has 12 heavy (non-hydrogen) atoms. The zero-order chi connectivity index (χ0) is 9.52. The lowest BCUT2D eigenvalue weighted by atomic mass is 10.6. The van der Waals surface area contributed by atoms with Crippen LogP contribution in [0.15, 0.2) is 4.90 Å². The molecule has 0 saturated carbocycles. The van der Waals surface area contributed by atoms with Crippen LogP contribution in [0.4, 0.5) is 13.2 Å². The maximum atomic E-state index is 12.4. The quantitative estimate of drug-likeness (QED) is 0.725. The van der Waals surface area contributed by atoms with Crippen LogP contribution < -0.4 is 0 Å². The summed E-state index contributed by atoms with van der Waals surface area (Å²) < 4.78 is 65.5. The molecule has 0 aliphatic heterocycles. The molecule has 0 saturated heterocycles. The Morgan fingerprint density at radius 2 is 1.67 bits per heavy atom. The van der Waals surface area contributed by atoms with Crippen LogP contribution in [0, 0.1) is 16.1 Å². The minimum absolute atomic E-state index is 0.325. The molecule has 1 rings (SSSR count). The molecule has 0 atom stereocenters. The van der Waals surface area contributed by atoms with Gasteiger partial charge in [-0.05, 0) is 0 Å². The van der Waals surface area contributed by atoms with Crippen LogP contribution in [0.1, 0.15) is 0 Å². The molecule has 0 spiro atoms. The van der Waals surface area contributed by atoms with Crippen LogP contribution in [-0.2, 0) is 10.1 Å². The van der Waals surface area contributed by atoms with Gasteiger partial charge in [0.05, 0.1) is 0 Å². The van der Waals surface area contributed by atoms with E-state index in [2.05, 4.69) is 0 Å². The fourth-order valence-electron chi connectivity index (χ4n) is 0.560. The highest BCUT2D eigenvalue weighted by Gasteiger charge is 2.28. The largest absolute Gasteiger partial charge is 0.301 e. The first-order valence-electron chi connectivity index (χ1n) is 2.45. The molecule has 1 aromatic rings. The summed E-state index contributed by atoms with van der Waals surface area (Å²) in [7, 11) is -5.02. The topological polar surface area (TPSA) is 54.4 Å². The van der Waals surface area contributed by atoms with Gasteiger partial charge in [-0.15, -0.1) is 0 Å². The van der Waals surface area contributed by atoms with Crippen molar-refractivity contribution < 1.29 is 26.1 Å². The molecule has 8 heteroatoms. The molecule has 0 aromatic carbocycles. The fraction of sp³-hybridized carbons (Fsp3) is 0. The highest BCUT2D eigenvalue weighted by molar-refractivity contribution is 7.86. The smallest absolute Gasteiger partial charge is 0.282 e. The predicted molar refractivity (Wildman–Crippen MR) is 34.0 cm³/mol. The van der Waals surface area contributed by atoms with E-state index in [4.69, 9.17) is 4.55 Å². The van der Waals surface area contributed by atoms with Gasteiger partial charge in [0.15, 0.2) is 10.7 Å². The normalized spacial score (nSPS) is 12.0. The maximum Gasteiger partial charge on any atom is 0.301 e. The van der Waals surface area contributed by atoms with Crippen molar-refractivity contribution in [3.8, 4) is 0 Å². The summed E-state index contributed by atoms with van der Waals surface area (Å²) in [5.74, 6) is -1.89. The van der Waals surface area contributed by atoms with E-state index < -0.39 is 31.1 Å². The van der Waals surface area contributed by atoms with Gasteiger partial charge in [0, 0.05) is 0 Å². The lowest BCUT2D eigenvalue weighted by Gasteiger charge is -1.90. The summed E-state index contributed by atoms with van der Waals surface area (Å²) in [5, 5.41) is -3.22. The second-order valence-corrected chi connectivity index (χ2v) is 4.05. The van der Waals surface area contributed by atoms with Crippen LogP contribution in [0.3, 0.4) is 0 Å². The molecular weight excluding hydrogens is 217 g/mol. The number of halogens is 3. The van der Waals surface area contributed by atoms with E-state index in [-0.39, 0.29) is 11.3 Å². The Bertz CT molecular complexity index is 407. The number of hydrogen-bond acceptors (Lipinski definition) is 3. The molecule has 0 unspecified atom stereocenters. The highest BCUT2D eigenvalue weighted by Crippen LogP contribution is 2.27. The molecule has 1 heterocycles. The summed E-state index contributed by atoms with van der Waals surface area (Å²) in [5.41, 5.74) is 0. The van der Waals surface area contributed by atoms with Gasteiger partial charge in [-0.3, -0.25) is 4.55 Å². The van der Waals surface area contributed by atoms with Crippen molar-refractivity contribution in [3.63, 3.8) is 0 Å². The van der Waals surface area contributed by atoms with Gasteiger partial charge in [0.1, 0.15) is 0 Å². The molecule has 0 fully saturated rings. The molecule has 0 radical (unpaired) electrons. The van der Waals surface area contributed by atoms with E-state index in [0.29, 0.717) is 0 Å². The van der Waals surface area contributed by atoms with E-state index in [1.54, 1.807) is 0 Å². The van der Waals surface area contributed by atoms with Crippen molar-refractivity contribution in [2.24, 2.45) is 0 Å². The van der Waals surface area contributed by atoms with Crippen molar-refractivity contribution >= 4 is 21.5 Å². The van der Waals surface area contributed by atoms with E-state index in [1.807, 2.05) is 0 Å². The van der Waals surface area contributed by atoms with Gasteiger partial charge in [0.25, 0.3) is 0 Å². The number of thiophene rings is 1. The summed E-state index contributed by atoms with van der Waals surface area (Å²) >= 11 is -0.325. The molecule has 0 aliphatic rings. The van der Waals surface area contributed by atoms with Gasteiger partial charge in [-0.25, -0.2) is 4.39 Å². The van der Waals surface area contributed by atoms with Crippen LogP contribution in [-0.4, -0.2) is 13.0 Å². The van der Waals surface area contributed by atoms with E-state index >= 15 is 0 Å². The average Bonchev–Trinajstić information content (AvgIpc) is 2.05. The van der Waals surface area contributed by atoms with E-state index in [1.165, 1.54) is 0 Å². The first kappa shape index (κ1) is 9.49. The first-order valence-corrected chi connectivity index (χ1v) is 4.70. The Hall–Kier alpha value is -0.600. The minimum atomic E-state index is -5.02. The van der Waals surface area contributed by atoms with Gasteiger partial charge < -0.3 is 0 Å². The summed E-state index contributed by atoms with van der Waals surface area (Å²) in [4.78, 5) is -1.63. The zero-order valence-electron chi connectivity index (χ0n) is 5.21. The Morgan fingerprint density at radius 3 is 1.83 bits per heavy atom. The number of rotatable bonds is 1. The molecular formula is C4HF3O3S2. The lowest BCUT2D eigenvalue weighted by Crippen LogP contribution is -2.01. The Balaban J connectivity index is 3.54. The average molecular weight is 218 g/mol. The molecule has 1 N–H and O–H groups in total. The summed E-state index contributed by atoms with van der Waals surface area (Å²) in [6, 6.07) is 0. The maximum absolute atomic E-state index is 12.4. The Labute approximate surface area is 69.2 Å². The first-order chi connectivity index (χ1) is 5.34. The van der Waals surface area contributed by atoms with Crippen molar-refractivity contribution in [3.05, 3.63) is 16.1 Å². The van der Waals surface area contributed by atoms with Gasteiger partial charge in [0.2, 0.25) is 10.3 Å². The molecule has 1 aromatic heterocycles. The third-order valence-corrected chi connectivity index (χ3v) is 2.73. The Kier molecular flexibility index (Phi) is 2.15. The molecule has 68 valence electrons. The summed E-state index contributed by atoms with van der Waals surface area (Å²) in [6.07, 6.45) is 0. The molecule has 3 nitrogen and oxygen atoms in total. The highest BCUT2D eigenvalue weighted by atomic mass is 32.2. The fourth-order valence-corrected chi connectivity index (χ4v) is 2.12. The van der Waals surface area contributed by atoms with Crippen LogP contribution in [0.2, 0.25) is 0 Å².